The molecule has 0 bridgehead atoms. The Hall–Kier alpha value is -2.23. The molecule has 1 atom stereocenters. The number of hydrogen-bond donors (Lipinski definition) is 0. The second-order valence-electron chi connectivity index (χ2n) is 6.38. The normalized spacial score (nSPS) is 16.8. The first-order valence-corrected chi connectivity index (χ1v) is 8.19. The lowest BCUT2D eigenvalue weighted by Gasteiger charge is -2.21. The summed E-state index contributed by atoms with van der Waals surface area (Å²) in [4.78, 5) is 36.9. The van der Waals surface area contributed by atoms with E-state index >= 15 is 0 Å². The van der Waals surface area contributed by atoms with Crippen LogP contribution in [0.1, 0.15) is 54.4 Å². The van der Waals surface area contributed by atoms with Gasteiger partial charge in [0.1, 0.15) is 0 Å². The van der Waals surface area contributed by atoms with Crippen LogP contribution in [0.4, 0.5) is 0 Å². The summed E-state index contributed by atoms with van der Waals surface area (Å²) < 4.78 is 5.30. The molecule has 1 rings (SSSR count). The zero-order chi connectivity index (χ0) is 18.4. The highest BCUT2D eigenvalue weighted by Crippen LogP contribution is 2.29. The van der Waals surface area contributed by atoms with E-state index in [4.69, 9.17) is 4.74 Å². The Morgan fingerprint density at radius 1 is 1.25 bits per heavy atom. The monoisotopic (exact) mass is 330 g/mol. The predicted molar refractivity (Wildman–Crippen MR) is 94.1 cm³/mol. The van der Waals surface area contributed by atoms with Crippen molar-refractivity contribution in [2.75, 3.05) is 0 Å². The van der Waals surface area contributed by atoms with Gasteiger partial charge in [0.25, 0.3) is 0 Å². The van der Waals surface area contributed by atoms with Crippen LogP contribution < -0.4 is 0 Å². The Morgan fingerprint density at radius 2 is 1.88 bits per heavy atom. The first kappa shape index (κ1) is 19.8. The van der Waals surface area contributed by atoms with E-state index in [1.54, 1.807) is 26.8 Å². The minimum atomic E-state index is -0.600. The summed E-state index contributed by atoms with van der Waals surface area (Å²) in [5, 5.41) is 0. The van der Waals surface area contributed by atoms with Gasteiger partial charge in [-0.3, -0.25) is 9.59 Å². The highest BCUT2D eigenvalue weighted by Gasteiger charge is 2.32. The summed E-state index contributed by atoms with van der Waals surface area (Å²) in [6.45, 7) is 10.8. The van der Waals surface area contributed by atoms with E-state index in [-0.39, 0.29) is 17.5 Å². The number of Topliss-reactive ketones (excluding diaryl/α,β-unsaturated/α-hetero) is 1. The van der Waals surface area contributed by atoms with Crippen LogP contribution in [0.3, 0.4) is 0 Å². The molecule has 0 heterocycles. The third kappa shape index (κ3) is 4.88. The molecule has 0 saturated heterocycles. The van der Waals surface area contributed by atoms with Crippen LogP contribution in [0.25, 0.3) is 0 Å². The first-order valence-electron chi connectivity index (χ1n) is 8.19. The SMILES string of the molecule is C/C=C(/C)C(=O)OC1=C([C@H](C)CCC=C(C)C)C(=O)C=C(C)C1=O. The summed E-state index contributed by atoms with van der Waals surface area (Å²) >= 11 is 0. The molecule has 0 N–H and O–H groups in total. The van der Waals surface area contributed by atoms with Gasteiger partial charge in [0, 0.05) is 16.7 Å². The maximum atomic E-state index is 12.4. The lowest BCUT2D eigenvalue weighted by Crippen LogP contribution is -2.25. The number of carbonyl (C=O) groups is 3. The van der Waals surface area contributed by atoms with Gasteiger partial charge < -0.3 is 4.74 Å². The van der Waals surface area contributed by atoms with E-state index in [9.17, 15) is 14.4 Å². The molecule has 0 radical (unpaired) electrons. The summed E-state index contributed by atoms with van der Waals surface area (Å²) in [5.74, 6) is -1.53. The van der Waals surface area contributed by atoms with Gasteiger partial charge in [-0.2, -0.15) is 0 Å². The minimum absolute atomic E-state index is 0.115. The third-order valence-electron chi connectivity index (χ3n) is 4.02. The molecule has 24 heavy (non-hydrogen) atoms. The second kappa shape index (κ2) is 8.57. The number of carbonyl (C=O) groups excluding carboxylic acids is 3. The topological polar surface area (TPSA) is 60.4 Å². The smallest absolute Gasteiger partial charge is 0.338 e. The number of ether oxygens (including phenoxy) is 1. The van der Waals surface area contributed by atoms with E-state index in [0.29, 0.717) is 23.1 Å². The number of ketones is 2. The lowest BCUT2D eigenvalue weighted by molar-refractivity contribution is -0.138. The summed E-state index contributed by atoms with van der Waals surface area (Å²) in [5.41, 5.74) is 2.19. The third-order valence-corrected chi connectivity index (χ3v) is 4.02. The van der Waals surface area contributed by atoms with Crippen molar-refractivity contribution in [2.24, 2.45) is 5.92 Å². The fourth-order valence-corrected chi connectivity index (χ4v) is 2.38. The molecule has 0 aromatic carbocycles. The van der Waals surface area contributed by atoms with Gasteiger partial charge in [-0.05, 0) is 59.5 Å². The van der Waals surface area contributed by atoms with Crippen LogP contribution in [-0.4, -0.2) is 17.5 Å². The fourth-order valence-electron chi connectivity index (χ4n) is 2.38. The van der Waals surface area contributed by atoms with Crippen molar-refractivity contribution in [3.05, 3.63) is 46.3 Å². The quantitative estimate of drug-likeness (QED) is 0.316. The molecule has 0 aromatic rings. The molecular formula is C20H26O4. The fraction of sp³-hybridized carbons (Fsp3) is 0.450. The van der Waals surface area contributed by atoms with Gasteiger partial charge in [-0.15, -0.1) is 0 Å². The number of hydrogen-bond acceptors (Lipinski definition) is 4. The Bertz CT molecular complexity index is 668. The second-order valence-corrected chi connectivity index (χ2v) is 6.38. The van der Waals surface area contributed by atoms with Crippen molar-refractivity contribution in [3.8, 4) is 0 Å². The van der Waals surface area contributed by atoms with Gasteiger partial charge in [-0.1, -0.05) is 24.6 Å². The van der Waals surface area contributed by atoms with Gasteiger partial charge in [-0.25, -0.2) is 4.79 Å². The summed E-state index contributed by atoms with van der Waals surface area (Å²) in [7, 11) is 0. The summed E-state index contributed by atoms with van der Waals surface area (Å²) in [6.07, 6.45) is 6.53. The molecular weight excluding hydrogens is 304 g/mol. The molecule has 1 aliphatic rings. The highest BCUT2D eigenvalue weighted by atomic mass is 16.5. The minimum Gasteiger partial charge on any atom is -0.419 e. The lowest BCUT2D eigenvalue weighted by atomic mass is 9.85. The Labute approximate surface area is 144 Å². The Morgan fingerprint density at radius 3 is 2.42 bits per heavy atom. The molecule has 4 heteroatoms. The van der Waals surface area contributed by atoms with Crippen LogP contribution in [0.15, 0.2) is 46.3 Å². The molecule has 0 spiro atoms. The van der Waals surface area contributed by atoms with Gasteiger partial charge in [0.2, 0.25) is 5.78 Å². The van der Waals surface area contributed by atoms with Gasteiger partial charge in [0.05, 0.1) is 0 Å². The van der Waals surface area contributed by atoms with Crippen molar-refractivity contribution in [1.82, 2.24) is 0 Å². The number of esters is 1. The Kier molecular flexibility index (Phi) is 7.08. The predicted octanol–water partition coefficient (Wildman–Crippen LogP) is 4.23. The molecule has 4 nitrogen and oxygen atoms in total. The molecule has 130 valence electrons. The van der Waals surface area contributed by atoms with Crippen molar-refractivity contribution >= 4 is 17.5 Å². The van der Waals surface area contributed by atoms with Crippen LogP contribution in [0, 0.1) is 5.92 Å². The Balaban J connectivity index is 3.18. The average Bonchev–Trinajstić information content (AvgIpc) is 2.50. The molecule has 0 aliphatic heterocycles. The average molecular weight is 330 g/mol. The summed E-state index contributed by atoms with van der Waals surface area (Å²) in [6, 6.07) is 0. The van der Waals surface area contributed by atoms with Gasteiger partial charge >= 0.3 is 5.97 Å². The largest absolute Gasteiger partial charge is 0.419 e. The van der Waals surface area contributed by atoms with Crippen LogP contribution in [0.5, 0.6) is 0 Å². The van der Waals surface area contributed by atoms with Crippen LogP contribution in [0.2, 0.25) is 0 Å². The zero-order valence-electron chi connectivity index (χ0n) is 15.4. The van der Waals surface area contributed by atoms with Crippen molar-refractivity contribution < 1.29 is 19.1 Å². The van der Waals surface area contributed by atoms with E-state index in [0.717, 1.165) is 6.42 Å². The van der Waals surface area contributed by atoms with E-state index in [2.05, 4.69) is 6.08 Å². The maximum absolute atomic E-state index is 12.4. The van der Waals surface area contributed by atoms with Crippen molar-refractivity contribution in [3.63, 3.8) is 0 Å². The van der Waals surface area contributed by atoms with E-state index in [1.807, 2.05) is 20.8 Å². The van der Waals surface area contributed by atoms with Crippen molar-refractivity contribution in [2.45, 2.75) is 54.4 Å². The zero-order valence-corrected chi connectivity index (χ0v) is 15.4. The highest BCUT2D eigenvalue weighted by molar-refractivity contribution is 6.22. The standard InChI is InChI=1S/C20H26O4/c1-7-13(4)20(23)24-19-17(14(5)10-8-9-12(2)3)16(21)11-15(6)18(19)22/h7,9,11,14H,8,10H2,1-6H3/b13-7-/t14-/m1/s1. The van der Waals surface area contributed by atoms with Crippen LogP contribution in [-0.2, 0) is 19.1 Å². The molecule has 0 aromatic heterocycles. The van der Waals surface area contributed by atoms with Crippen molar-refractivity contribution in [1.29, 1.82) is 0 Å². The first-order chi connectivity index (χ1) is 11.2. The number of allylic oxidation sites excluding steroid dienone is 6. The van der Waals surface area contributed by atoms with Crippen LogP contribution >= 0.6 is 0 Å². The molecule has 1 aliphatic carbocycles. The maximum Gasteiger partial charge on any atom is 0.338 e. The molecule has 0 unspecified atom stereocenters. The molecule has 0 fully saturated rings. The van der Waals surface area contributed by atoms with E-state index in [1.165, 1.54) is 11.6 Å². The number of rotatable bonds is 6. The molecule has 0 saturated carbocycles. The van der Waals surface area contributed by atoms with Gasteiger partial charge in [0.15, 0.2) is 11.5 Å². The molecule has 0 amide bonds. The van der Waals surface area contributed by atoms with E-state index < -0.39 is 11.8 Å².